The highest BCUT2D eigenvalue weighted by atomic mass is 19.1. The van der Waals surface area contributed by atoms with Crippen LogP contribution in [0.4, 0.5) is 10.2 Å². The van der Waals surface area contributed by atoms with Gasteiger partial charge in [0.05, 0.1) is 43.5 Å². The quantitative estimate of drug-likeness (QED) is 0.0576. The van der Waals surface area contributed by atoms with Gasteiger partial charge >= 0.3 is 6.01 Å². The van der Waals surface area contributed by atoms with E-state index in [2.05, 4.69) is 30.8 Å². The molecule has 4 aromatic carbocycles. The monoisotopic (exact) mass is 1140 g/mol. The summed E-state index contributed by atoms with van der Waals surface area (Å²) in [7, 11) is 0. The lowest BCUT2D eigenvalue weighted by molar-refractivity contribution is -0.142. The van der Waals surface area contributed by atoms with Crippen LogP contribution in [-0.4, -0.2) is 137 Å². The van der Waals surface area contributed by atoms with Gasteiger partial charge in [-0.3, -0.25) is 19.6 Å². The van der Waals surface area contributed by atoms with Crippen molar-refractivity contribution in [2.24, 2.45) is 5.92 Å². The molecule has 2 bridgehead atoms. The van der Waals surface area contributed by atoms with Crippen molar-refractivity contribution >= 4 is 39.3 Å². The maximum atomic E-state index is 15.8. The Bertz CT molecular complexity index is 3700. The number of fused-ring (bicyclic) bond motifs is 6. The molecule has 20 heteroatoms. The van der Waals surface area contributed by atoms with Gasteiger partial charge in [-0.1, -0.05) is 80.6 Å². The van der Waals surface area contributed by atoms with Gasteiger partial charge in [0, 0.05) is 86.3 Å². The first-order chi connectivity index (χ1) is 40.8. The fourth-order valence-corrected chi connectivity index (χ4v) is 12.6. The molecule has 2 amide bonds. The molecule has 84 heavy (non-hydrogen) atoms. The summed E-state index contributed by atoms with van der Waals surface area (Å²) >= 11 is 0. The Morgan fingerprint density at radius 1 is 0.940 bits per heavy atom. The van der Waals surface area contributed by atoms with E-state index in [1.807, 2.05) is 82.3 Å². The van der Waals surface area contributed by atoms with E-state index >= 15 is 4.39 Å². The molecule has 2 unspecified atom stereocenters. The second kappa shape index (κ2) is 24.2. The van der Waals surface area contributed by atoms with Crippen LogP contribution < -0.4 is 25.0 Å². The number of aromatic nitrogens is 7. The fraction of sp³-hybridized carbons (Fsp3) is 0.406. The number of aryl methyl sites for hydroxylation is 2. The number of nitrogens with zero attached hydrogens (tertiary/aromatic N) is 9. The number of aliphatic hydroxyl groups is 2. The van der Waals surface area contributed by atoms with Gasteiger partial charge in [-0.15, -0.1) is 5.10 Å². The summed E-state index contributed by atoms with van der Waals surface area (Å²) in [6.45, 7) is 10.0. The van der Waals surface area contributed by atoms with E-state index in [4.69, 9.17) is 29.2 Å². The molecule has 0 saturated carbocycles. The number of β-amino-alcohol motifs (C(OH)–C–C–N with tert-alkyl or cyclic N) is 1. The van der Waals surface area contributed by atoms with E-state index in [1.165, 1.54) is 15.6 Å². The first-order valence-corrected chi connectivity index (χ1v) is 29.3. The van der Waals surface area contributed by atoms with E-state index in [-0.39, 0.29) is 67.9 Å². The summed E-state index contributed by atoms with van der Waals surface area (Å²) < 4.78 is 36.6. The predicted molar refractivity (Wildman–Crippen MR) is 315 cm³/mol. The molecule has 0 aliphatic carbocycles. The topological polar surface area (TPSA) is 235 Å². The second-order valence-corrected chi connectivity index (χ2v) is 23.0. The van der Waals surface area contributed by atoms with Crippen molar-refractivity contribution in [3.8, 4) is 51.2 Å². The average molecular weight is 1140 g/mol. The number of rotatable bonds is 17. The van der Waals surface area contributed by atoms with Crippen LogP contribution in [0.2, 0.25) is 0 Å². The first kappa shape index (κ1) is 56.3. The molecule has 6 atom stereocenters. The number of halogens is 1. The molecular formula is C64H70FN11O8. The third-order valence-electron chi connectivity index (χ3n) is 17.1. The van der Waals surface area contributed by atoms with Crippen LogP contribution in [0.15, 0.2) is 104 Å². The number of phenols is 1. The summed E-state index contributed by atoms with van der Waals surface area (Å²) in [5, 5.41) is 50.2. The normalized spacial score (nSPS) is 19.9. The van der Waals surface area contributed by atoms with Crippen LogP contribution in [-0.2, 0) is 27.4 Å². The number of anilines is 1. The van der Waals surface area contributed by atoms with Crippen molar-refractivity contribution in [1.29, 1.82) is 0 Å². The zero-order chi connectivity index (χ0) is 58.2. The van der Waals surface area contributed by atoms with E-state index in [9.17, 15) is 24.9 Å². The Morgan fingerprint density at radius 2 is 1.74 bits per heavy atom. The molecule has 436 valence electrons. The van der Waals surface area contributed by atoms with Crippen molar-refractivity contribution < 1.29 is 43.5 Å². The molecule has 8 aromatic rings. The third-order valence-corrected chi connectivity index (χ3v) is 17.1. The van der Waals surface area contributed by atoms with Gasteiger partial charge in [-0.25, -0.2) is 9.07 Å². The highest BCUT2D eigenvalue weighted by Crippen LogP contribution is 2.45. The zero-order valence-corrected chi connectivity index (χ0v) is 47.6. The van der Waals surface area contributed by atoms with Crippen LogP contribution in [0.1, 0.15) is 93.6 Å². The number of carbonyl (C=O) groups is 2. The standard InChI is InChI=1S/C64H70FN11O8/c1-5-48-52(65)18-17-42-25-45(78)26-49(56(42)48)57-60(58-51(30-68-57)61(74-31-43-7-6-8-44(74)28-67-43)71-64(70-58)84-47-20-23-82-24-21-47)83-35-38-9-11-40(12-10-38)53-33-76(73-72-53)59(36(2)3)63(81)75-32-46(79)27-55(75)62(80)69-54(34-77)41-15-13-39(14-16-41)50-29-66-22-19-37(50)4/h9-19,22,25-26,29-30,33,36,43-44,46-47,54-55,59,67,77-79H,5-8,20-21,23-24,27-28,31-32,34-35H2,1-4H3,(H,69,80)/t43?,44?,46-,54+,55+,59+/m1/s1. The summed E-state index contributed by atoms with van der Waals surface area (Å²) in [6, 6.07) is 21.5. The Balaban J connectivity index is 0.824. The molecule has 9 heterocycles. The van der Waals surface area contributed by atoms with Crippen LogP contribution in [0.3, 0.4) is 0 Å². The van der Waals surface area contributed by atoms with Crippen LogP contribution in [0, 0.1) is 18.7 Å². The highest BCUT2D eigenvalue weighted by molar-refractivity contribution is 6.04. The summed E-state index contributed by atoms with van der Waals surface area (Å²) in [5.41, 5.74) is 7.49. The smallest absolute Gasteiger partial charge is 0.319 e. The number of carbonyl (C=O) groups excluding carboxylic acids is 2. The van der Waals surface area contributed by atoms with Gasteiger partial charge in [-0.05, 0) is 101 Å². The number of aromatic hydroxyl groups is 1. The lowest BCUT2D eigenvalue weighted by Crippen LogP contribution is -2.54. The molecule has 19 nitrogen and oxygen atoms in total. The SMILES string of the molecule is CCc1c(F)ccc2cc(O)cc(-c3ncc4c(N5CC6CCCC5CN6)nc(OC5CCOCC5)nc4c3OCc3ccc(-c4cn([C@H](C(=O)N5C[C@H](O)C[C@H]5C(=O)N[C@@H](CO)c5ccc(-c6cnccc6C)cc5)C(C)C)nn4)cc3)c12. The number of pyridine rings is 2. The van der Waals surface area contributed by atoms with E-state index < -0.39 is 36.0 Å². The maximum absolute atomic E-state index is 15.8. The molecule has 5 N–H and O–H groups in total. The Morgan fingerprint density at radius 3 is 2.50 bits per heavy atom. The fourth-order valence-electron chi connectivity index (χ4n) is 12.6. The number of ether oxygens (including phenoxy) is 3. The first-order valence-electron chi connectivity index (χ1n) is 29.3. The minimum absolute atomic E-state index is 0.0135. The van der Waals surface area contributed by atoms with E-state index in [0.717, 1.165) is 54.6 Å². The summed E-state index contributed by atoms with van der Waals surface area (Å²) in [5.74, 6) is -0.525. The largest absolute Gasteiger partial charge is 0.508 e. The van der Waals surface area contributed by atoms with Crippen molar-refractivity contribution in [2.75, 3.05) is 44.4 Å². The maximum Gasteiger partial charge on any atom is 0.319 e. The molecular weight excluding hydrogens is 1070 g/mol. The number of phenolic OH excluding ortho intramolecular Hbond substituents is 1. The average Bonchev–Trinajstić information content (AvgIpc) is 1.53. The van der Waals surface area contributed by atoms with Crippen LogP contribution in [0.5, 0.6) is 17.5 Å². The van der Waals surface area contributed by atoms with E-state index in [1.54, 1.807) is 43.0 Å². The van der Waals surface area contributed by atoms with Gasteiger partial charge in [0.1, 0.15) is 59.1 Å². The summed E-state index contributed by atoms with van der Waals surface area (Å²) in [6.07, 6.45) is 10.8. The van der Waals surface area contributed by atoms with Crippen molar-refractivity contribution in [3.05, 3.63) is 132 Å². The van der Waals surface area contributed by atoms with Gasteiger partial charge in [-0.2, -0.15) is 9.97 Å². The van der Waals surface area contributed by atoms with Crippen molar-refractivity contribution in [1.82, 2.24) is 50.5 Å². The number of nitrogens with one attached hydrogen (secondary N) is 2. The number of likely N-dealkylation sites (tertiary alicyclic amines) is 1. The van der Waals surface area contributed by atoms with Gasteiger partial charge in [0.25, 0.3) is 0 Å². The minimum atomic E-state index is -0.997. The predicted octanol–water partition coefficient (Wildman–Crippen LogP) is 8.36. The molecule has 0 spiro atoms. The van der Waals surface area contributed by atoms with Crippen LogP contribution in [0.25, 0.3) is 55.3 Å². The number of hydrogen-bond acceptors (Lipinski definition) is 16. The highest BCUT2D eigenvalue weighted by Gasteiger charge is 2.43. The third kappa shape index (κ3) is 11.3. The zero-order valence-electron chi connectivity index (χ0n) is 47.6. The van der Waals surface area contributed by atoms with Crippen molar-refractivity contribution in [3.63, 3.8) is 0 Å². The number of piperazine rings is 1. The molecule has 0 radical (unpaired) electrons. The number of amides is 2. The minimum Gasteiger partial charge on any atom is -0.508 e. The van der Waals surface area contributed by atoms with Gasteiger partial charge in [0.2, 0.25) is 11.8 Å². The van der Waals surface area contributed by atoms with Crippen LogP contribution >= 0.6 is 0 Å². The second-order valence-electron chi connectivity index (χ2n) is 23.0. The van der Waals surface area contributed by atoms with Gasteiger partial charge in [0.15, 0.2) is 5.75 Å². The molecule has 13 rings (SSSR count). The van der Waals surface area contributed by atoms with Gasteiger partial charge < -0.3 is 50.0 Å². The number of aliphatic hydroxyl groups excluding tert-OH is 2. The molecule has 4 aromatic heterocycles. The Labute approximate surface area is 486 Å². The Kier molecular flexibility index (Phi) is 16.2. The molecule has 5 aliphatic heterocycles. The molecule has 5 aliphatic rings. The Hall–Kier alpha value is -8.17. The van der Waals surface area contributed by atoms with Crippen molar-refractivity contribution in [2.45, 2.75) is 122 Å². The molecule has 5 saturated heterocycles. The number of benzene rings is 4. The summed E-state index contributed by atoms with van der Waals surface area (Å²) in [4.78, 5) is 52.1. The molecule has 5 fully saturated rings. The van der Waals surface area contributed by atoms with E-state index in [0.29, 0.717) is 99.4 Å². The lowest BCUT2D eigenvalue weighted by atomic mass is 9.94. The lowest BCUT2D eigenvalue weighted by Gasteiger charge is -2.39. The number of hydrogen-bond donors (Lipinski definition) is 5.